The summed E-state index contributed by atoms with van der Waals surface area (Å²) in [5.41, 5.74) is 0.367. The first-order valence-electron chi connectivity index (χ1n) is 8.24. The van der Waals surface area contributed by atoms with Crippen molar-refractivity contribution >= 4 is 20.9 Å². The van der Waals surface area contributed by atoms with Crippen LogP contribution < -0.4 is 5.56 Å². The summed E-state index contributed by atoms with van der Waals surface area (Å²) in [7, 11) is -3.75. The molecular formula is C18H18N2O5S. The summed E-state index contributed by atoms with van der Waals surface area (Å²) in [5.74, 6) is 1.29. The summed E-state index contributed by atoms with van der Waals surface area (Å²) in [5, 5.41) is 0.657. The number of furan rings is 1. The third-order valence-electron chi connectivity index (χ3n) is 4.47. The molecule has 26 heavy (non-hydrogen) atoms. The molecule has 0 radical (unpaired) electrons. The molecule has 1 aromatic carbocycles. The summed E-state index contributed by atoms with van der Waals surface area (Å²) in [6, 6.07) is 10.8. The van der Waals surface area contributed by atoms with Gasteiger partial charge in [-0.15, -0.1) is 0 Å². The predicted octanol–water partition coefficient (Wildman–Crippen LogP) is 2.19. The highest BCUT2D eigenvalue weighted by Crippen LogP contribution is 2.32. The molecule has 0 saturated carbocycles. The van der Waals surface area contributed by atoms with Crippen LogP contribution in [0.15, 0.2) is 56.6 Å². The van der Waals surface area contributed by atoms with E-state index in [2.05, 4.69) is 4.98 Å². The molecule has 0 spiro atoms. The van der Waals surface area contributed by atoms with Crippen LogP contribution in [-0.4, -0.2) is 37.5 Å². The Labute approximate surface area is 150 Å². The molecular weight excluding hydrogens is 356 g/mol. The van der Waals surface area contributed by atoms with Crippen LogP contribution >= 0.6 is 0 Å². The molecule has 1 unspecified atom stereocenters. The van der Waals surface area contributed by atoms with Crippen LogP contribution in [0.4, 0.5) is 0 Å². The highest BCUT2D eigenvalue weighted by Gasteiger charge is 2.36. The summed E-state index contributed by atoms with van der Waals surface area (Å²) in [6.45, 7) is 2.63. The SMILES string of the molecule is Cc1ccc(C2COCCN2S(=O)(=O)c2ccc3[nH]c(=O)ccc3c2)o1. The molecule has 8 heteroatoms. The lowest BCUT2D eigenvalue weighted by Gasteiger charge is -2.33. The Balaban J connectivity index is 1.76. The van der Waals surface area contributed by atoms with Gasteiger partial charge in [-0.25, -0.2) is 8.42 Å². The van der Waals surface area contributed by atoms with Gasteiger partial charge in [0.1, 0.15) is 17.6 Å². The first kappa shape index (κ1) is 17.0. The second-order valence-electron chi connectivity index (χ2n) is 6.23. The average molecular weight is 374 g/mol. The van der Waals surface area contributed by atoms with Crippen LogP contribution in [0, 0.1) is 6.92 Å². The topological polar surface area (TPSA) is 92.6 Å². The molecule has 1 N–H and O–H groups in total. The fourth-order valence-corrected chi connectivity index (χ4v) is 4.76. The molecule has 7 nitrogen and oxygen atoms in total. The van der Waals surface area contributed by atoms with Gasteiger partial charge in [-0.05, 0) is 48.7 Å². The first-order chi connectivity index (χ1) is 12.4. The number of fused-ring (bicyclic) bond motifs is 1. The number of morpholine rings is 1. The molecule has 4 rings (SSSR count). The number of hydrogen-bond donors (Lipinski definition) is 1. The maximum atomic E-state index is 13.2. The molecule has 0 bridgehead atoms. The lowest BCUT2D eigenvalue weighted by Crippen LogP contribution is -2.43. The third kappa shape index (κ3) is 2.96. The van der Waals surface area contributed by atoms with E-state index >= 15 is 0 Å². The van der Waals surface area contributed by atoms with Crippen molar-refractivity contribution in [2.45, 2.75) is 17.9 Å². The van der Waals surface area contributed by atoms with Crippen LogP contribution in [0.1, 0.15) is 17.6 Å². The fourth-order valence-electron chi connectivity index (χ4n) is 3.16. The number of hydrogen-bond acceptors (Lipinski definition) is 5. The highest BCUT2D eigenvalue weighted by molar-refractivity contribution is 7.89. The zero-order chi connectivity index (χ0) is 18.3. The summed E-state index contributed by atoms with van der Waals surface area (Å²) in [6.07, 6.45) is 0. The number of nitrogens with zero attached hydrogens (tertiary/aromatic N) is 1. The number of sulfonamides is 1. The third-order valence-corrected chi connectivity index (χ3v) is 6.37. The van der Waals surface area contributed by atoms with Crippen molar-refractivity contribution in [3.63, 3.8) is 0 Å². The van der Waals surface area contributed by atoms with E-state index in [4.69, 9.17) is 9.15 Å². The highest BCUT2D eigenvalue weighted by atomic mass is 32.2. The van der Waals surface area contributed by atoms with Crippen molar-refractivity contribution in [3.8, 4) is 0 Å². The Hall–Kier alpha value is -2.42. The van der Waals surface area contributed by atoms with Crippen molar-refractivity contribution in [3.05, 3.63) is 64.3 Å². The lowest BCUT2D eigenvalue weighted by atomic mass is 10.2. The van der Waals surface area contributed by atoms with Crippen LogP contribution in [0.25, 0.3) is 10.9 Å². The van der Waals surface area contributed by atoms with E-state index in [1.807, 2.05) is 6.92 Å². The number of aromatic amines is 1. The second kappa shape index (κ2) is 6.39. The van der Waals surface area contributed by atoms with Crippen LogP contribution in [0.5, 0.6) is 0 Å². The number of benzene rings is 1. The van der Waals surface area contributed by atoms with Gasteiger partial charge in [0.05, 0.1) is 18.1 Å². The Kier molecular flexibility index (Phi) is 4.18. The Bertz CT molecular complexity index is 1120. The standard InChI is InChI=1S/C18H18N2O5S/c1-12-2-6-17(25-12)16-11-24-9-8-20(16)26(22,23)14-4-5-15-13(10-14)3-7-18(21)19-15/h2-7,10,16H,8-9,11H2,1H3,(H,19,21). The Morgan fingerprint density at radius 1 is 1.15 bits per heavy atom. The van der Waals surface area contributed by atoms with E-state index < -0.39 is 16.1 Å². The fraction of sp³-hybridized carbons (Fsp3) is 0.278. The number of aromatic nitrogens is 1. The quantitative estimate of drug-likeness (QED) is 0.759. The summed E-state index contributed by atoms with van der Waals surface area (Å²) >= 11 is 0. The van der Waals surface area contributed by atoms with Gasteiger partial charge < -0.3 is 14.1 Å². The second-order valence-corrected chi connectivity index (χ2v) is 8.12. The van der Waals surface area contributed by atoms with Gasteiger partial charge in [-0.3, -0.25) is 4.79 Å². The summed E-state index contributed by atoms with van der Waals surface area (Å²) in [4.78, 5) is 14.3. The van der Waals surface area contributed by atoms with Gasteiger partial charge in [-0.2, -0.15) is 4.31 Å². The van der Waals surface area contributed by atoms with E-state index in [0.717, 1.165) is 5.76 Å². The number of nitrogens with one attached hydrogen (secondary N) is 1. The van der Waals surface area contributed by atoms with E-state index in [0.29, 0.717) is 23.3 Å². The minimum Gasteiger partial charge on any atom is -0.465 e. The van der Waals surface area contributed by atoms with Gasteiger partial charge in [-0.1, -0.05) is 0 Å². The zero-order valence-corrected chi connectivity index (χ0v) is 15.0. The first-order valence-corrected chi connectivity index (χ1v) is 9.68. The molecule has 1 aliphatic rings. The van der Waals surface area contributed by atoms with Gasteiger partial charge in [0.2, 0.25) is 15.6 Å². The van der Waals surface area contributed by atoms with Crippen LogP contribution in [0.2, 0.25) is 0 Å². The number of ether oxygens (including phenoxy) is 1. The zero-order valence-electron chi connectivity index (χ0n) is 14.1. The van der Waals surface area contributed by atoms with Crippen molar-refractivity contribution in [1.82, 2.24) is 9.29 Å². The van der Waals surface area contributed by atoms with Crippen molar-refractivity contribution < 1.29 is 17.6 Å². The van der Waals surface area contributed by atoms with Crippen molar-refractivity contribution in [2.75, 3.05) is 19.8 Å². The molecule has 0 amide bonds. The average Bonchev–Trinajstić information content (AvgIpc) is 3.07. The van der Waals surface area contributed by atoms with E-state index in [-0.39, 0.29) is 23.6 Å². The van der Waals surface area contributed by atoms with Gasteiger partial charge in [0, 0.05) is 18.1 Å². The molecule has 1 saturated heterocycles. The number of rotatable bonds is 3. The van der Waals surface area contributed by atoms with Gasteiger partial charge in [0.15, 0.2) is 0 Å². The minimum absolute atomic E-state index is 0.173. The maximum Gasteiger partial charge on any atom is 0.248 e. The molecule has 1 atom stereocenters. The number of pyridine rings is 1. The Morgan fingerprint density at radius 2 is 2.00 bits per heavy atom. The smallest absolute Gasteiger partial charge is 0.248 e. The Morgan fingerprint density at radius 3 is 2.77 bits per heavy atom. The van der Waals surface area contributed by atoms with Crippen molar-refractivity contribution in [2.24, 2.45) is 0 Å². The monoisotopic (exact) mass is 374 g/mol. The van der Waals surface area contributed by atoms with Gasteiger partial charge in [0.25, 0.3) is 0 Å². The van der Waals surface area contributed by atoms with E-state index in [9.17, 15) is 13.2 Å². The molecule has 1 fully saturated rings. The summed E-state index contributed by atoms with van der Waals surface area (Å²) < 4.78 is 39.0. The number of aryl methyl sites for hydroxylation is 1. The van der Waals surface area contributed by atoms with Crippen molar-refractivity contribution in [1.29, 1.82) is 0 Å². The van der Waals surface area contributed by atoms with E-state index in [1.54, 1.807) is 30.3 Å². The molecule has 0 aliphatic carbocycles. The lowest BCUT2D eigenvalue weighted by molar-refractivity contribution is 0.0241. The maximum absolute atomic E-state index is 13.2. The molecule has 3 heterocycles. The predicted molar refractivity (Wildman–Crippen MR) is 95.5 cm³/mol. The van der Waals surface area contributed by atoms with E-state index in [1.165, 1.54) is 16.4 Å². The van der Waals surface area contributed by atoms with Crippen LogP contribution in [0.3, 0.4) is 0 Å². The van der Waals surface area contributed by atoms with Gasteiger partial charge >= 0.3 is 0 Å². The van der Waals surface area contributed by atoms with Crippen LogP contribution in [-0.2, 0) is 14.8 Å². The molecule has 3 aromatic rings. The minimum atomic E-state index is -3.75. The molecule has 136 valence electrons. The largest absolute Gasteiger partial charge is 0.465 e. The molecule has 2 aromatic heterocycles. The molecule has 1 aliphatic heterocycles. The number of H-pyrrole nitrogens is 1. The normalized spacial score (nSPS) is 19.0.